The Balaban J connectivity index is 2.34. The molecule has 1 aromatic heterocycles. The Labute approximate surface area is 103 Å². The van der Waals surface area contributed by atoms with Gasteiger partial charge in [0.2, 0.25) is 0 Å². The van der Waals surface area contributed by atoms with E-state index in [0.29, 0.717) is 11.8 Å². The molecule has 1 unspecified atom stereocenters. The summed E-state index contributed by atoms with van der Waals surface area (Å²) in [7, 11) is 0. The molecule has 0 aliphatic carbocycles. The third-order valence-corrected chi connectivity index (χ3v) is 2.81. The fraction of sp³-hybridized carbons (Fsp3) is 0.615. The fourth-order valence-electron chi connectivity index (χ4n) is 1.64. The van der Waals surface area contributed by atoms with Crippen molar-refractivity contribution in [2.75, 3.05) is 13.1 Å². The number of hydrogen-bond donors (Lipinski definition) is 1. The van der Waals surface area contributed by atoms with Gasteiger partial charge in [-0.1, -0.05) is 32.4 Å². The van der Waals surface area contributed by atoms with Crippen LogP contribution >= 0.6 is 11.6 Å². The molecule has 1 aromatic rings. The minimum absolute atomic E-state index is 0.596. The van der Waals surface area contributed by atoms with Gasteiger partial charge in [-0.25, -0.2) is 0 Å². The molecule has 0 radical (unpaired) electrons. The molecule has 3 heteroatoms. The normalized spacial score (nSPS) is 13.1. The van der Waals surface area contributed by atoms with E-state index in [2.05, 4.69) is 31.1 Å². The molecule has 90 valence electrons. The molecule has 0 aliphatic rings. The van der Waals surface area contributed by atoms with Gasteiger partial charge < -0.3 is 5.32 Å². The summed E-state index contributed by atoms with van der Waals surface area (Å²) in [4.78, 5) is 3.99. The summed E-state index contributed by atoms with van der Waals surface area (Å²) in [5, 5.41) is 4.24. The molecule has 1 heterocycles. The van der Waals surface area contributed by atoms with Gasteiger partial charge in [0.05, 0.1) is 5.02 Å². The van der Waals surface area contributed by atoms with Crippen molar-refractivity contribution < 1.29 is 0 Å². The molecule has 0 saturated heterocycles. The van der Waals surface area contributed by atoms with Crippen LogP contribution < -0.4 is 5.32 Å². The predicted octanol–water partition coefficient (Wildman–Crippen LogP) is 3.16. The van der Waals surface area contributed by atoms with Crippen LogP contribution in [0.4, 0.5) is 0 Å². The molecule has 0 saturated carbocycles. The van der Waals surface area contributed by atoms with Gasteiger partial charge in [0.1, 0.15) is 0 Å². The summed E-state index contributed by atoms with van der Waals surface area (Å²) >= 11 is 6.07. The minimum atomic E-state index is 0.596. The van der Waals surface area contributed by atoms with E-state index in [1.807, 2.05) is 6.07 Å². The average molecular weight is 241 g/mol. The molecule has 0 amide bonds. The quantitative estimate of drug-likeness (QED) is 0.826. The van der Waals surface area contributed by atoms with E-state index in [1.54, 1.807) is 12.4 Å². The van der Waals surface area contributed by atoms with Gasteiger partial charge in [-0.15, -0.1) is 0 Å². The monoisotopic (exact) mass is 240 g/mol. The summed E-state index contributed by atoms with van der Waals surface area (Å²) in [6.07, 6.45) is 4.52. The first-order chi connectivity index (χ1) is 7.59. The lowest BCUT2D eigenvalue weighted by atomic mass is 10.0. The van der Waals surface area contributed by atoms with E-state index in [4.69, 9.17) is 11.6 Å². The third-order valence-electron chi connectivity index (χ3n) is 2.47. The highest BCUT2D eigenvalue weighted by atomic mass is 35.5. The second-order valence-electron chi connectivity index (χ2n) is 4.83. The molecule has 0 bridgehead atoms. The molecular formula is C13H21ClN2. The highest BCUT2D eigenvalue weighted by molar-refractivity contribution is 6.31. The summed E-state index contributed by atoms with van der Waals surface area (Å²) in [6, 6.07) is 2.00. The predicted molar refractivity (Wildman–Crippen MR) is 69.8 cm³/mol. The molecule has 1 N–H and O–H groups in total. The number of halogens is 1. The van der Waals surface area contributed by atoms with E-state index < -0.39 is 0 Å². The summed E-state index contributed by atoms with van der Waals surface area (Å²) in [5.74, 6) is 1.30. The lowest BCUT2D eigenvalue weighted by Gasteiger charge is -2.14. The van der Waals surface area contributed by atoms with Gasteiger partial charge in [0.25, 0.3) is 0 Å². The number of nitrogens with one attached hydrogen (secondary N) is 1. The topological polar surface area (TPSA) is 24.9 Å². The summed E-state index contributed by atoms with van der Waals surface area (Å²) in [5.41, 5.74) is 1.19. The van der Waals surface area contributed by atoms with Crippen molar-refractivity contribution >= 4 is 11.6 Å². The average Bonchev–Trinajstić information content (AvgIpc) is 2.21. The van der Waals surface area contributed by atoms with Crippen molar-refractivity contribution in [2.24, 2.45) is 11.8 Å². The first-order valence-electron chi connectivity index (χ1n) is 5.88. The second-order valence-corrected chi connectivity index (χ2v) is 5.24. The van der Waals surface area contributed by atoms with Gasteiger partial charge in [-0.05, 0) is 43.0 Å². The van der Waals surface area contributed by atoms with Crippen LogP contribution in [0.2, 0.25) is 5.02 Å². The van der Waals surface area contributed by atoms with Crippen molar-refractivity contribution in [1.29, 1.82) is 0 Å². The van der Waals surface area contributed by atoms with Gasteiger partial charge >= 0.3 is 0 Å². The van der Waals surface area contributed by atoms with Crippen LogP contribution in [0.5, 0.6) is 0 Å². The highest BCUT2D eigenvalue weighted by Gasteiger charge is 2.06. The van der Waals surface area contributed by atoms with E-state index in [9.17, 15) is 0 Å². The largest absolute Gasteiger partial charge is 0.316 e. The number of rotatable bonds is 6. The lowest BCUT2D eigenvalue weighted by molar-refractivity contribution is 0.473. The highest BCUT2D eigenvalue weighted by Crippen LogP contribution is 2.17. The Morgan fingerprint density at radius 1 is 1.31 bits per heavy atom. The van der Waals surface area contributed by atoms with Gasteiger partial charge in [0.15, 0.2) is 0 Å². The number of aromatic nitrogens is 1. The van der Waals surface area contributed by atoms with Crippen LogP contribution in [0.3, 0.4) is 0 Å². The third kappa shape index (κ3) is 4.95. The van der Waals surface area contributed by atoms with Gasteiger partial charge in [0, 0.05) is 12.4 Å². The van der Waals surface area contributed by atoms with Crippen molar-refractivity contribution in [1.82, 2.24) is 10.3 Å². The Morgan fingerprint density at radius 2 is 2.06 bits per heavy atom. The van der Waals surface area contributed by atoms with Crippen LogP contribution in [0.25, 0.3) is 0 Å². The van der Waals surface area contributed by atoms with Crippen LogP contribution in [0.15, 0.2) is 18.5 Å². The number of nitrogens with zero attached hydrogens (tertiary/aromatic N) is 1. The maximum Gasteiger partial charge on any atom is 0.0621 e. The number of hydrogen-bond acceptors (Lipinski definition) is 2. The second kappa shape index (κ2) is 6.87. The van der Waals surface area contributed by atoms with E-state index in [-0.39, 0.29) is 0 Å². The Kier molecular flexibility index (Phi) is 5.78. The van der Waals surface area contributed by atoms with Crippen molar-refractivity contribution in [3.05, 3.63) is 29.0 Å². The maximum atomic E-state index is 6.07. The van der Waals surface area contributed by atoms with E-state index in [1.165, 1.54) is 5.56 Å². The first kappa shape index (κ1) is 13.5. The maximum absolute atomic E-state index is 6.07. The molecule has 1 rings (SSSR count). The smallest absolute Gasteiger partial charge is 0.0621 e. The van der Waals surface area contributed by atoms with Gasteiger partial charge in [-0.3, -0.25) is 4.98 Å². The SMILES string of the molecule is CC(C)CNCC(C)Cc1ccncc1Cl. The van der Waals surface area contributed by atoms with Crippen LogP contribution in [0.1, 0.15) is 26.3 Å². The van der Waals surface area contributed by atoms with Crippen LogP contribution in [-0.2, 0) is 6.42 Å². The number of pyridine rings is 1. The lowest BCUT2D eigenvalue weighted by Crippen LogP contribution is -2.26. The Hall–Kier alpha value is -0.600. The molecular weight excluding hydrogens is 220 g/mol. The fourth-order valence-corrected chi connectivity index (χ4v) is 1.83. The van der Waals surface area contributed by atoms with Crippen LogP contribution in [-0.4, -0.2) is 18.1 Å². The Bertz CT molecular complexity index is 313. The zero-order valence-electron chi connectivity index (χ0n) is 10.3. The minimum Gasteiger partial charge on any atom is -0.316 e. The molecule has 2 nitrogen and oxygen atoms in total. The molecule has 1 atom stereocenters. The zero-order valence-corrected chi connectivity index (χ0v) is 11.1. The molecule has 0 aromatic carbocycles. The first-order valence-corrected chi connectivity index (χ1v) is 6.26. The van der Waals surface area contributed by atoms with Crippen molar-refractivity contribution in [2.45, 2.75) is 27.2 Å². The summed E-state index contributed by atoms with van der Waals surface area (Å²) < 4.78 is 0. The van der Waals surface area contributed by atoms with Gasteiger partial charge in [-0.2, -0.15) is 0 Å². The van der Waals surface area contributed by atoms with Crippen molar-refractivity contribution in [3.8, 4) is 0 Å². The van der Waals surface area contributed by atoms with E-state index >= 15 is 0 Å². The molecule has 0 aliphatic heterocycles. The molecule has 16 heavy (non-hydrogen) atoms. The summed E-state index contributed by atoms with van der Waals surface area (Å²) in [6.45, 7) is 8.80. The molecule has 0 fully saturated rings. The standard InChI is InChI=1S/C13H21ClN2/c1-10(2)7-16-8-11(3)6-12-4-5-15-9-13(12)14/h4-5,9-11,16H,6-8H2,1-3H3. The van der Waals surface area contributed by atoms with E-state index in [0.717, 1.165) is 24.5 Å². The Morgan fingerprint density at radius 3 is 2.69 bits per heavy atom. The van der Waals surface area contributed by atoms with Crippen LogP contribution in [0, 0.1) is 11.8 Å². The molecule has 0 spiro atoms. The zero-order chi connectivity index (χ0) is 12.0. The van der Waals surface area contributed by atoms with Crippen molar-refractivity contribution in [3.63, 3.8) is 0 Å².